The van der Waals surface area contributed by atoms with E-state index in [9.17, 15) is 0 Å². The Hall–Kier alpha value is -1.71. The zero-order valence-corrected chi connectivity index (χ0v) is 11.0. The predicted octanol–water partition coefficient (Wildman–Crippen LogP) is 3.24. The number of hydrogen-bond donors (Lipinski definition) is 2. The zero-order chi connectivity index (χ0) is 13.1. The van der Waals surface area contributed by atoms with Crippen LogP contribution in [0.15, 0.2) is 48.2 Å². The van der Waals surface area contributed by atoms with E-state index in [4.69, 9.17) is 5.84 Å². The molecule has 0 fully saturated rings. The maximum absolute atomic E-state index is 5.81. The van der Waals surface area contributed by atoms with Gasteiger partial charge < -0.3 is 0 Å². The Kier molecular flexibility index (Phi) is 3.58. The molecule has 0 saturated heterocycles. The molecular weight excluding hydrogens is 234 g/mol. The molecule has 3 rings (SSSR count). The monoisotopic (exact) mass is 253 g/mol. The van der Waals surface area contributed by atoms with Gasteiger partial charge in [0.15, 0.2) is 0 Å². The molecule has 1 aliphatic carbocycles. The van der Waals surface area contributed by atoms with Gasteiger partial charge in [-0.25, -0.2) is 5.43 Å². The molecule has 2 aromatic rings. The molecule has 1 aliphatic rings. The number of para-hydroxylation sites is 1. The first kappa shape index (κ1) is 12.3. The Labute approximate surface area is 113 Å². The van der Waals surface area contributed by atoms with Crippen LogP contribution in [0.3, 0.4) is 0 Å². The SMILES string of the molecule is NNC(C1=CCCCC1)c1cccc2cccnc12. The number of aromatic nitrogens is 1. The topological polar surface area (TPSA) is 50.9 Å². The molecule has 3 nitrogen and oxygen atoms in total. The van der Waals surface area contributed by atoms with E-state index in [1.165, 1.54) is 24.0 Å². The summed E-state index contributed by atoms with van der Waals surface area (Å²) in [6.45, 7) is 0. The smallest absolute Gasteiger partial charge is 0.0753 e. The molecule has 0 radical (unpaired) electrons. The number of hydrogen-bond acceptors (Lipinski definition) is 3. The summed E-state index contributed by atoms with van der Waals surface area (Å²) < 4.78 is 0. The fourth-order valence-electron chi connectivity index (χ4n) is 2.88. The highest BCUT2D eigenvalue weighted by Crippen LogP contribution is 2.32. The van der Waals surface area contributed by atoms with Crippen molar-refractivity contribution in [2.75, 3.05) is 0 Å². The van der Waals surface area contributed by atoms with Crippen LogP contribution < -0.4 is 11.3 Å². The van der Waals surface area contributed by atoms with Crippen molar-refractivity contribution >= 4 is 10.9 Å². The van der Waals surface area contributed by atoms with Gasteiger partial charge in [-0.3, -0.25) is 10.8 Å². The summed E-state index contributed by atoms with van der Waals surface area (Å²) in [6, 6.07) is 10.4. The van der Waals surface area contributed by atoms with Crippen LogP contribution in [0.1, 0.15) is 37.3 Å². The second-order valence-corrected chi connectivity index (χ2v) is 5.05. The fraction of sp³-hybridized carbons (Fsp3) is 0.312. The van der Waals surface area contributed by atoms with E-state index in [1.54, 1.807) is 0 Å². The molecule has 1 aromatic carbocycles. The van der Waals surface area contributed by atoms with Gasteiger partial charge in [-0.05, 0) is 31.7 Å². The van der Waals surface area contributed by atoms with E-state index < -0.39 is 0 Å². The molecule has 3 N–H and O–H groups in total. The molecule has 1 aromatic heterocycles. The number of pyridine rings is 1. The van der Waals surface area contributed by atoms with Crippen molar-refractivity contribution in [2.45, 2.75) is 31.7 Å². The van der Waals surface area contributed by atoms with Crippen LogP contribution in [-0.4, -0.2) is 4.98 Å². The fourth-order valence-corrected chi connectivity index (χ4v) is 2.88. The van der Waals surface area contributed by atoms with E-state index in [2.05, 4.69) is 40.8 Å². The molecule has 98 valence electrons. The van der Waals surface area contributed by atoms with Crippen LogP contribution in [0.25, 0.3) is 10.9 Å². The molecule has 0 spiro atoms. The minimum atomic E-state index is 0.0823. The van der Waals surface area contributed by atoms with Crippen LogP contribution in [0.2, 0.25) is 0 Å². The lowest BCUT2D eigenvalue weighted by atomic mass is 9.89. The van der Waals surface area contributed by atoms with Gasteiger partial charge in [0.05, 0.1) is 11.6 Å². The summed E-state index contributed by atoms with van der Waals surface area (Å²) in [5.41, 5.74) is 6.58. The lowest BCUT2D eigenvalue weighted by Crippen LogP contribution is -2.30. The molecule has 1 unspecified atom stereocenters. The number of benzene rings is 1. The Balaban J connectivity index is 2.08. The van der Waals surface area contributed by atoms with Gasteiger partial charge in [0.1, 0.15) is 0 Å². The molecule has 19 heavy (non-hydrogen) atoms. The number of nitrogens with zero attached hydrogens (tertiary/aromatic N) is 1. The number of fused-ring (bicyclic) bond motifs is 1. The third-order valence-electron chi connectivity index (χ3n) is 3.84. The molecule has 1 heterocycles. The van der Waals surface area contributed by atoms with Crippen LogP contribution in [0, 0.1) is 0 Å². The Morgan fingerprint density at radius 2 is 2.05 bits per heavy atom. The minimum Gasteiger partial charge on any atom is -0.271 e. The first-order valence-corrected chi connectivity index (χ1v) is 6.89. The average molecular weight is 253 g/mol. The zero-order valence-electron chi connectivity index (χ0n) is 11.0. The number of allylic oxidation sites excluding steroid dienone is 1. The van der Waals surface area contributed by atoms with Crippen molar-refractivity contribution in [1.29, 1.82) is 0 Å². The summed E-state index contributed by atoms with van der Waals surface area (Å²) in [4.78, 5) is 4.52. The van der Waals surface area contributed by atoms with Crippen molar-refractivity contribution in [1.82, 2.24) is 10.4 Å². The van der Waals surface area contributed by atoms with Gasteiger partial charge in [-0.1, -0.05) is 35.9 Å². The summed E-state index contributed by atoms with van der Waals surface area (Å²) >= 11 is 0. The van der Waals surface area contributed by atoms with Gasteiger partial charge in [0, 0.05) is 17.1 Å². The number of rotatable bonds is 3. The first-order chi connectivity index (χ1) is 9.40. The van der Waals surface area contributed by atoms with Gasteiger partial charge >= 0.3 is 0 Å². The Bertz CT molecular complexity index is 598. The molecular formula is C16H19N3. The summed E-state index contributed by atoms with van der Waals surface area (Å²) in [7, 11) is 0. The lowest BCUT2D eigenvalue weighted by Gasteiger charge is -2.23. The van der Waals surface area contributed by atoms with Crippen LogP contribution in [0.4, 0.5) is 0 Å². The molecule has 0 amide bonds. The summed E-state index contributed by atoms with van der Waals surface area (Å²) in [5.74, 6) is 5.81. The van der Waals surface area contributed by atoms with Crippen molar-refractivity contribution in [2.24, 2.45) is 5.84 Å². The van der Waals surface area contributed by atoms with E-state index in [-0.39, 0.29) is 6.04 Å². The maximum Gasteiger partial charge on any atom is 0.0753 e. The first-order valence-electron chi connectivity index (χ1n) is 6.89. The largest absolute Gasteiger partial charge is 0.271 e. The van der Waals surface area contributed by atoms with Gasteiger partial charge in [-0.15, -0.1) is 0 Å². The third kappa shape index (κ3) is 2.39. The highest BCUT2D eigenvalue weighted by molar-refractivity contribution is 5.82. The average Bonchev–Trinajstić information content (AvgIpc) is 2.49. The quantitative estimate of drug-likeness (QED) is 0.501. The minimum absolute atomic E-state index is 0.0823. The predicted molar refractivity (Wildman–Crippen MR) is 78.4 cm³/mol. The number of hydrazine groups is 1. The third-order valence-corrected chi connectivity index (χ3v) is 3.84. The van der Waals surface area contributed by atoms with E-state index in [0.29, 0.717) is 0 Å². The molecule has 0 bridgehead atoms. The number of nitrogens with two attached hydrogens (primary N) is 1. The van der Waals surface area contributed by atoms with E-state index >= 15 is 0 Å². The normalized spacial score (nSPS) is 17.2. The maximum atomic E-state index is 5.81. The lowest BCUT2D eigenvalue weighted by molar-refractivity contribution is 0.568. The molecule has 1 atom stereocenters. The Morgan fingerprint density at radius 1 is 1.16 bits per heavy atom. The van der Waals surface area contributed by atoms with Gasteiger partial charge in [-0.2, -0.15) is 0 Å². The van der Waals surface area contributed by atoms with Crippen LogP contribution in [0.5, 0.6) is 0 Å². The van der Waals surface area contributed by atoms with Crippen molar-refractivity contribution in [3.05, 3.63) is 53.7 Å². The van der Waals surface area contributed by atoms with Gasteiger partial charge in [0.2, 0.25) is 0 Å². The second kappa shape index (κ2) is 5.51. The number of nitrogens with one attached hydrogen (secondary N) is 1. The highest BCUT2D eigenvalue weighted by atomic mass is 15.2. The van der Waals surface area contributed by atoms with Crippen molar-refractivity contribution in [3.8, 4) is 0 Å². The van der Waals surface area contributed by atoms with Gasteiger partial charge in [0.25, 0.3) is 0 Å². The van der Waals surface area contributed by atoms with Crippen molar-refractivity contribution in [3.63, 3.8) is 0 Å². The van der Waals surface area contributed by atoms with Crippen molar-refractivity contribution < 1.29 is 0 Å². The standard InChI is InChI=1S/C16H19N3/c17-19-16(13-6-2-1-3-7-13)14-10-4-8-12-9-5-11-18-15(12)14/h4-6,8-11,16,19H,1-3,7,17H2. The second-order valence-electron chi connectivity index (χ2n) is 5.05. The Morgan fingerprint density at radius 3 is 2.84 bits per heavy atom. The van der Waals surface area contributed by atoms with Crippen LogP contribution >= 0.6 is 0 Å². The molecule has 3 heteroatoms. The highest BCUT2D eigenvalue weighted by Gasteiger charge is 2.19. The summed E-state index contributed by atoms with van der Waals surface area (Å²) in [6.07, 6.45) is 8.99. The molecule has 0 aliphatic heterocycles. The molecule has 0 saturated carbocycles. The van der Waals surface area contributed by atoms with E-state index in [1.807, 2.05) is 12.3 Å². The van der Waals surface area contributed by atoms with Crippen LogP contribution in [-0.2, 0) is 0 Å². The summed E-state index contributed by atoms with van der Waals surface area (Å²) in [5, 5.41) is 1.16. The van der Waals surface area contributed by atoms with E-state index in [0.717, 1.165) is 23.7 Å².